The summed E-state index contributed by atoms with van der Waals surface area (Å²) < 4.78 is 18.2. The number of aromatic nitrogens is 4. The van der Waals surface area contributed by atoms with Crippen LogP contribution in [0.1, 0.15) is 41.7 Å². The van der Waals surface area contributed by atoms with E-state index in [0.29, 0.717) is 58.5 Å². The number of nitrogens with one attached hydrogen (secondary N) is 1. The highest BCUT2D eigenvalue weighted by Gasteiger charge is 2.20. The summed E-state index contributed by atoms with van der Waals surface area (Å²) in [4.78, 5) is 18.0. The second-order valence-corrected chi connectivity index (χ2v) is 7.95. The lowest BCUT2D eigenvalue weighted by molar-refractivity contribution is 0.0951. The van der Waals surface area contributed by atoms with Crippen molar-refractivity contribution in [3.8, 4) is 22.8 Å². The molecule has 0 bridgehead atoms. The zero-order valence-corrected chi connectivity index (χ0v) is 18.1. The fourth-order valence-electron chi connectivity index (χ4n) is 3.70. The van der Waals surface area contributed by atoms with Gasteiger partial charge in [-0.15, -0.1) is 0 Å². The highest BCUT2D eigenvalue weighted by atomic mass is 16.6. The van der Waals surface area contributed by atoms with Gasteiger partial charge in [0, 0.05) is 17.7 Å². The molecule has 1 aliphatic heterocycles. The SMILES string of the molecule is Cc1cc(CNC(=O)c2cc(-c3ccc4c(c3)OCCO4)nc3c2cnn3C(C)C)no1. The van der Waals surface area contributed by atoms with Gasteiger partial charge >= 0.3 is 0 Å². The van der Waals surface area contributed by atoms with E-state index in [-0.39, 0.29) is 18.5 Å². The van der Waals surface area contributed by atoms with Crippen LogP contribution < -0.4 is 14.8 Å². The molecule has 0 saturated heterocycles. The number of aryl methyl sites for hydroxylation is 1. The number of nitrogens with zero attached hydrogens (tertiary/aromatic N) is 4. The van der Waals surface area contributed by atoms with Crippen molar-refractivity contribution < 1.29 is 18.8 Å². The van der Waals surface area contributed by atoms with Gasteiger partial charge < -0.3 is 19.3 Å². The lowest BCUT2D eigenvalue weighted by Crippen LogP contribution is -2.23. The van der Waals surface area contributed by atoms with Gasteiger partial charge in [-0.2, -0.15) is 5.10 Å². The molecule has 0 aliphatic carbocycles. The Morgan fingerprint density at radius 1 is 1.16 bits per heavy atom. The van der Waals surface area contributed by atoms with Gasteiger partial charge in [-0.05, 0) is 45.0 Å². The van der Waals surface area contributed by atoms with E-state index in [2.05, 4.69) is 15.6 Å². The molecule has 4 heterocycles. The zero-order valence-electron chi connectivity index (χ0n) is 18.1. The first-order valence-corrected chi connectivity index (χ1v) is 10.5. The van der Waals surface area contributed by atoms with Gasteiger partial charge in [0.15, 0.2) is 17.1 Å². The van der Waals surface area contributed by atoms with Crippen molar-refractivity contribution in [3.63, 3.8) is 0 Å². The first-order chi connectivity index (χ1) is 15.5. The third kappa shape index (κ3) is 3.66. The molecular weight excluding hydrogens is 410 g/mol. The molecule has 9 nitrogen and oxygen atoms in total. The molecule has 0 radical (unpaired) electrons. The molecule has 4 aromatic rings. The van der Waals surface area contributed by atoms with E-state index in [1.165, 1.54) is 0 Å². The fourth-order valence-corrected chi connectivity index (χ4v) is 3.70. The summed E-state index contributed by atoms with van der Waals surface area (Å²) in [5.74, 6) is 1.83. The number of ether oxygens (including phenoxy) is 2. The van der Waals surface area contributed by atoms with Crippen LogP contribution in [-0.4, -0.2) is 39.0 Å². The average molecular weight is 433 g/mol. The number of hydrogen-bond donors (Lipinski definition) is 1. The Labute approximate surface area is 184 Å². The van der Waals surface area contributed by atoms with Gasteiger partial charge in [-0.3, -0.25) is 4.79 Å². The number of benzene rings is 1. The topological polar surface area (TPSA) is 104 Å². The third-order valence-electron chi connectivity index (χ3n) is 5.25. The highest BCUT2D eigenvalue weighted by molar-refractivity contribution is 6.06. The minimum absolute atomic E-state index is 0.0875. The summed E-state index contributed by atoms with van der Waals surface area (Å²) in [5.41, 5.74) is 3.28. The van der Waals surface area contributed by atoms with Crippen LogP contribution in [-0.2, 0) is 6.54 Å². The highest BCUT2D eigenvalue weighted by Crippen LogP contribution is 2.35. The van der Waals surface area contributed by atoms with Crippen molar-refractivity contribution in [1.29, 1.82) is 0 Å². The molecule has 1 aromatic carbocycles. The molecule has 0 fully saturated rings. The minimum Gasteiger partial charge on any atom is -0.486 e. The van der Waals surface area contributed by atoms with E-state index in [1.54, 1.807) is 18.3 Å². The van der Waals surface area contributed by atoms with Crippen molar-refractivity contribution in [3.05, 3.63) is 53.5 Å². The van der Waals surface area contributed by atoms with Crippen LogP contribution in [0.3, 0.4) is 0 Å². The van der Waals surface area contributed by atoms with Gasteiger partial charge in [-0.1, -0.05) is 5.16 Å². The van der Waals surface area contributed by atoms with Crippen LogP contribution in [0.5, 0.6) is 11.5 Å². The number of hydrogen-bond acceptors (Lipinski definition) is 7. The Hall–Kier alpha value is -3.88. The Kier molecular flexibility index (Phi) is 5.01. The van der Waals surface area contributed by atoms with Gasteiger partial charge in [0.25, 0.3) is 5.91 Å². The third-order valence-corrected chi connectivity index (χ3v) is 5.25. The molecule has 0 atom stereocenters. The quantitative estimate of drug-likeness (QED) is 0.512. The van der Waals surface area contributed by atoms with Crippen LogP contribution in [0.4, 0.5) is 0 Å². The summed E-state index contributed by atoms with van der Waals surface area (Å²) in [7, 11) is 0. The molecule has 32 heavy (non-hydrogen) atoms. The number of carbonyl (C=O) groups is 1. The maximum atomic E-state index is 13.2. The first-order valence-electron chi connectivity index (χ1n) is 10.5. The van der Waals surface area contributed by atoms with E-state index < -0.39 is 0 Å². The molecule has 1 aliphatic rings. The maximum absolute atomic E-state index is 13.2. The molecule has 164 valence electrons. The molecule has 0 saturated carbocycles. The molecule has 9 heteroatoms. The van der Waals surface area contributed by atoms with E-state index in [1.807, 2.05) is 43.7 Å². The molecule has 1 N–H and O–H groups in total. The largest absolute Gasteiger partial charge is 0.486 e. The van der Waals surface area contributed by atoms with Crippen LogP contribution in [0.25, 0.3) is 22.3 Å². The zero-order chi connectivity index (χ0) is 22.2. The van der Waals surface area contributed by atoms with Gasteiger partial charge in [0.05, 0.1) is 29.4 Å². The minimum atomic E-state index is -0.236. The number of rotatable bonds is 5. The van der Waals surface area contributed by atoms with Crippen molar-refractivity contribution in [2.24, 2.45) is 0 Å². The number of pyridine rings is 1. The van der Waals surface area contributed by atoms with E-state index in [4.69, 9.17) is 19.0 Å². The first kappa shape index (κ1) is 20.0. The van der Waals surface area contributed by atoms with Crippen LogP contribution in [0.15, 0.2) is 41.1 Å². The van der Waals surface area contributed by atoms with Crippen LogP contribution in [0, 0.1) is 6.92 Å². The maximum Gasteiger partial charge on any atom is 0.252 e. The smallest absolute Gasteiger partial charge is 0.252 e. The lowest BCUT2D eigenvalue weighted by Gasteiger charge is -2.19. The number of amides is 1. The van der Waals surface area contributed by atoms with Crippen LogP contribution >= 0.6 is 0 Å². The molecule has 0 unspecified atom stereocenters. The van der Waals surface area contributed by atoms with Gasteiger partial charge in [0.1, 0.15) is 24.7 Å². The summed E-state index contributed by atoms with van der Waals surface area (Å²) >= 11 is 0. The monoisotopic (exact) mass is 433 g/mol. The van der Waals surface area contributed by atoms with E-state index in [9.17, 15) is 4.79 Å². The molecule has 3 aromatic heterocycles. The molecule has 1 amide bonds. The summed E-state index contributed by atoms with van der Waals surface area (Å²) in [6, 6.07) is 9.33. The average Bonchev–Trinajstić information content (AvgIpc) is 3.42. The summed E-state index contributed by atoms with van der Waals surface area (Å²) in [6.07, 6.45) is 1.69. The second-order valence-electron chi connectivity index (χ2n) is 7.95. The fraction of sp³-hybridized carbons (Fsp3) is 0.304. The normalized spacial score (nSPS) is 13.0. The summed E-state index contributed by atoms with van der Waals surface area (Å²) in [5, 5.41) is 12.0. The van der Waals surface area contributed by atoms with E-state index in [0.717, 1.165) is 5.56 Å². The molecular formula is C23H23N5O4. The standard InChI is InChI=1S/C23H23N5O4/c1-13(2)28-22-18(12-25-28)17(23(29)24-11-16-8-14(3)32-27-16)10-19(26-22)15-4-5-20-21(9-15)31-7-6-30-20/h4-5,8-10,12-13H,6-7,11H2,1-3H3,(H,24,29). The van der Waals surface area contributed by atoms with Crippen molar-refractivity contribution in [2.45, 2.75) is 33.4 Å². The molecule has 0 spiro atoms. The Morgan fingerprint density at radius 2 is 1.97 bits per heavy atom. The number of carbonyl (C=O) groups excluding carboxylic acids is 1. The Bertz CT molecular complexity index is 1310. The second kappa shape index (κ2) is 7.99. The lowest BCUT2D eigenvalue weighted by atomic mass is 10.1. The van der Waals surface area contributed by atoms with Gasteiger partial charge in [-0.25, -0.2) is 9.67 Å². The van der Waals surface area contributed by atoms with Crippen LogP contribution in [0.2, 0.25) is 0 Å². The van der Waals surface area contributed by atoms with Crippen molar-refractivity contribution >= 4 is 16.9 Å². The predicted molar refractivity (Wildman–Crippen MR) is 117 cm³/mol. The Morgan fingerprint density at radius 3 is 2.72 bits per heavy atom. The number of fused-ring (bicyclic) bond motifs is 2. The van der Waals surface area contributed by atoms with Gasteiger partial charge in [0.2, 0.25) is 0 Å². The van der Waals surface area contributed by atoms with E-state index >= 15 is 0 Å². The Balaban J connectivity index is 1.56. The van der Waals surface area contributed by atoms with Crippen molar-refractivity contribution in [1.82, 2.24) is 25.2 Å². The van der Waals surface area contributed by atoms with Crippen molar-refractivity contribution in [2.75, 3.05) is 13.2 Å². The summed E-state index contributed by atoms with van der Waals surface area (Å²) in [6.45, 7) is 7.15. The predicted octanol–water partition coefficient (Wildman–Crippen LogP) is 3.68. The molecule has 5 rings (SSSR count).